The van der Waals surface area contributed by atoms with Crippen molar-refractivity contribution in [2.45, 2.75) is 6.36 Å². The predicted molar refractivity (Wildman–Crippen MR) is 130 cm³/mol. The molecule has 0 radical (unpaired) electrons. The summed E-state index contributed by atoms with van der Waals surface area (Å²) in [5.41, 5.74) is 3.13. The van der Waals surface area contributed by atoms with Crippen LogP contribution < -0.4 is 15.5 Å². The van der Waals surface area contributed by atoms with Gasteiger partial charge in [0.1, 0.15) is 11.6 Å². The molecule has 4 rings (SSSR count). The maximum Gasteiger partial charge on any atom is 0.573 e. The first-order valence-corrected chi connectivity index (χ1v) is 11.5. The number of ether oxygens (including phenoxy) is 2. The number of morpholine rings is 1. The Hall–Kier alpha value is -3.55. The molecule has 9 nitrogen and oxygen atoms in total. The molecule has 0 atom stereocenters. The highest BCUT2D eigenvalue weighted by atomic mass is 35.5. The molecule has 1 saturated heterocycles. The van der Waals surface area contributed by atoms with Crippen molar-refractivity contribution in [3.8, 4) is 17.1 Å². The van der Waals surface area contributed by atoms with E-state index in [2.05, 4.69) is 40.4 Å². The number of benzene rings is 2. The molecule has 1 aliphatic heterocycles. The molecule has 1 aliphatic rings. The summed E-state index contributed by atoms with van der Waals surface area (Å²) in [6.45, 7) is 4.22. The molecule has 3 aromatic rings. The first-order chi connectivity index (χ1) is 17.8. The van der Waals surface area contributed by atoms with E-state index in [1.165, 1.54) is 36.5 Å². The number of halogens is 5. The molecule has 1 fully saturated rings. The van der Waals surface area contributed by atoms with Crippen LogP contribution >= 0.6 is 11.6 Å². The van der Waals surface area contributed by atoms with Crippen LogP contribution in [-0.2, 0) is 4.74 Å². The van der Waals surface area contributed by atoms with E-state index in [-0.39, 0.29) is 34.1 Å². The highest BCUT2D eigenvalue weighted by Crippen LogP contribution is 2.29. The lowest BCUT2D eigenvalue weighted by atomic mass is 10.2. The van der Waals surface area contributed by atoms with Crippen LogP contribution in [0.5, 0.6) is 5.75 Å². The van der Waals surface area contributed by atoms with Crippen molar-refractivity contribution in [3.05, 3.63) is 58.9 Å². The van der Waals surface area contributed by atoms with Crippen molar-refractivity contribution >= 4 is 29.7 Å². The smallest absolute Gasteiger partial charge is 0.406 e. The molecule has 14 heteroatoms. The topological polar surface area (TPSA) is 96.8 Å². The Kier molecular flexibility index (Phi) is 8.69. The molecule has 0 aliphatic carbocycles. The van der Waals surface area contributed by atoms with E-state index in [4.69, 9.17) is 16.3 Å². The largest absolute Gasteiger partial charge is 0.573 e. The number of hydrazone groups is 1. The standard InChI is InChI=1S/C23H22ClF4N7O2/c24-17-2-1-3-18(25)19(17)20-31-21(29-8-9-35-10-12-36-13-11-35)33-22(32-20)34-30-14-15-4-6-16(7-5-15)37-23(26,27)28/h1-7,14H,8-13H2,(H2,29,31,32,33,34)/b30-14+. The van der Waals surface area contributed by atoms with E-state index >= 15 is 0 Å². The Morgan fingerprint density at radius 3 is 2.49 bits per heavy atom. The Morgan fingerprint density at radius 2 is 1.78 bits per heavy atom. The Balaban J connectivity index is 1.49. The number of nitrogens with one attached hydrogen (secondary N) is 2. The summed E-state index contributed by atoms with van der Waals surface area (Å²) in [6.07, 6.45) is -3.43. The highest BCUT2D eigenvalue weighted by molar-refractivity contribution is 6.33. The van der Waals surface area contributed by atoms with Gasteiger partial charge in [0.15, 0.2) is 5.82 Å². The SMILES string of the molecule is Fc1cccc(Cl)c1-c1nc(NCCN2CCOCC2)nc(N/N=C/c2ccc(OC(F)(F)F)cc2)n1. The lowest BCUT2D eigenvalue weighted by molar-refractivity contribution is -0.274. The molecule has 37 heavy (non-hydrogen) atoms. The fourth-order valence-corrected chi connectivity index (χ4v) is 3.65. The second kappa shape index (κ2) is 12.1. The molecule has 0 unspecified atom stereocenters. The van der Waals surface area contributed by atoms with Gasteiger partial charge in [-0.25, -0.2) is 9.82 Å². The van der Waals surface area contributed by atoms with Gasteiger partial charge in [0.25, 0.3) is 0 Å². The van der Waals surface area contributed by atoms with Gasteiger partial charge in [0, 0.05) is 26.2 Å². The molecule has 0 amide bonds. The Labute approximate surface area is 214 Å². The summed E-state index contributed by atoms with van der Waals surface area (Å²) in [4.78, 5) is 15.0. The molecule has 196 valence electrons. The monoisotopic (exact) mass is 539 g/mol. The highest BCUT2D eigenvalue weighted by Gasteiger charge is 2.30. The fraction of sp³-hybridized carbons (Fsp3) is 0.304. The average Bonchev–Trinajstić information content (AvgIpc) is 2.85. The van der Waals surface area contributed by atoms with Crippen LogP contribution in [0.3, 0.4) is 0 Å². The number of aromatic nitrogens is 3. The number of nitrogens with zero attached hydrogens (tertiary/aromatic N) is 5. The van der Waals surface area contributed by atoms with Crippen LogP contribution in [0, 0.1) is 5.82 Å². The number of alkyl halides is 3. The van der Waals surface area contributed by atoms with Gasteiger partial charge in [-0.3, -0.25) is 4.90 Å². The Bertz CT molecular complexity index is 1200. The molecule has 0 bridgehead atoms. The van der Waals surface area contributed by atoms with Crippen LogP contribution in [0.15, 0.2) is 47.6 Å². The molecule has 0 saturated carbocycles. The normalized spacial score (nSPS) is 14.6. The molecule has 2 aromatic carbocycles. The maximum atomic E-state index is 14.5. The van der Waals surface area contributed by atoms with Crippen LogP contribution in [0.25, 0.3) is 11.4 Å². The van der Waals surface area contributed by atoms with E-state index in [1.54, 1.807) is 0 Å². The van der Waals surface area contributed by atoms with Crippen LogP contribution in [0.2, 0.25) is 5.02 Å². The lowest BCUT2D eigenvalue weighted by Gasteiger charge is -2.26. The number of hydrogen-bond acceptors (Lipinski definition) is 9. The molecule has 2 N–H and O–H groups in total. The summed E-state index contributed by atoms with van der Waals surface area (Å²) < 4.78 is 60.7. The van der Waals surface area contributed by atoms with Gasteiger partial charge in [0.2, 0.25) is 11.9 Å². The van der Waals surface area contributed by atoms with Crippen molar-refractivity contribution in [2.75, 3.05) is 50.1 Å². The van der Waals surface area contributed by atoms with E-state index in [0.717, 1.165) is 31.8 Å². The zero-order valence-corrected chi connectivity index (χ0v) is 20.1. The summed E-state index contributed by atoms with van der Waals surface area (Å²) in [5, 5.41) is 7.26. The Morgan fingerprint density at radius 1 is 1.05 bits per heavy atom. The third-order valence-corrected chi connectivity index (χ3v) is 5.44. The molecular weight excluding hydrogens is 518 g/mol. The maximum absolute atomic E-state index is 14.5. The second-order valence-electron chi connectivity index (χ2n) is 7.77. The zero-order valence-electron chi connectivity index (χ0n) is 19.3. The molecule has 0 spiro atoms. The first-order valence-electron chi connectivity index (χ1n) is 11.2. The van der Waals surface area contributed by atoms with E-state index < -0.39 is 12.2 Å². The predicted octanol–water partition coefficient (Wildman–Crippen LogP) is 4.42. The minimum absolute atomic E-state index is 0.00155. The van der Waals surface area contributed by atoms with Crippen LogP contribution in [0.4, 0.5) is 29.5 Å². The number of rotatable bonds is 9. The molecule has 1 aromatic heterocycles. The molecular formula is C23H22ClF4N7O2. The van der Waals surface area contributed by atoms with Crippen LogP contribution in [-0.4, -0.2) is 71.8 Å². The first kappa shape index (κ1) is 26.5. The van der Waals surface area contributed by atoms with Crippen molar-refractivity contribution < 1.29 is 27.0 Å². The van der Waals surface area contributed by atoms with Crippen molar-refractivity contribution in [3.63, 3.8) is 0 Å². The third kappa shape index (κ3) is 7.97. The summed E-state index contributed by atoms with van der Waals surface area (Å²) in [6, 6.07) is 9.34. The van der Waals surface area contributed by atoms with Crippen molar-refractivity contribution in [2.24, 2.45) is 5.10 Å². The fourth-order valence-electron chi connectivity index (χ4n) is 3.40. The van der Waals surface area contributed by atoms with Gasteiger partial charge in [0.05, 0.1) is 30.0 Å². The summed E-state index contributed by atoms with van der Waals surface area (Å²) in [5.74, 6) is -0.767. The van der Waals surface area contributed by atoms with Crippen LogP contribution in [0.1, 0.15) is 5.56 Å². The van der Waals surface area contributed by atoms with E-state index in [9.17, 15) is 17.6 Å². The zero-order chi connectivity index (χ0) is 26.3. The molecule has 2 heterocycles. The minimum atomic E-state index is -4.78. The second-order valence-corrected chi connectivity index (χ2v) is 8.18. The number of anilines is 2. The summed E-state index contributed by atoms with van der Waals surface area (Å²) in [7, 11) is 0. The number of hydrogen-bond donors (Lipinski definition) is 2. The van der Waals surface area contributed by atoms with Gasteiger partial charge in [-0.1, -0.05) is 17.7 Å². The lowest BCUT2D eigenvalue weighted by Crippen LogP contribution is -2.39. The minimum Gasteiger partial charge on any atom is -0.406 e. The average molecular weight is 540 g/mol. The van der Waals surface area contributed by atoms with E-state index in [1.807, 2.05) is 0 Å². The third-order valence-electron chi connectivity index (χ3n) is 5.13. The summed E-state index contributed by atoms with van der Waals surface area (Å²) >= 11 is 6.20. The van der Waals surface area contributed by atoms with E-state index in [0.29, 0.717) is 25.3 Å². The van der Waals surface area contributed by atoms with Gasteiger partial charge >= 0.3 is 6.36 Å². The van der Waals surface area contributed by atoms with Gasteiger partial charge in [-0.05, 0) is 42.0 Å². The van der Waals surface area contributed by atoms with Crippen molar-refractivity contribution in [1.82, 2.24) is 19.9 Å². The van der Waals surface area contributed by atoms with Gasteiger partial charge in [-0.15, -0.1) is 13.2 Å². The van der Waals surface area contributed by atoms with Gasteiger partial charge in [-0.2, -0.15) is 20.1 Å². The van der Waals surface area contributed by atoms with Crippen molar-refractivity contribution in [1.29, 1.82) is 0 Å². The quantitative estimate of drug-likeness (QED) is 0.234. The van der Waals surface area contributed by atoms with Gasteiger partial charge < -0.3 is 14.8 Å².